The number of rotatable bonds is 5. The third kappa shape index (κ3) is 4.60. The van der Waals surface area contributed by atoms with Crippen molar-refractivity contribution in [1.29, 1.82) is 0 Å². The van der Waals surface area contributed by atoms with Gasteiger partial charge in [-0.15, -0.1) is 6.58 Å². The van der Waals surface area contributed by atoms with E-state index in [1.807, 2.05) is 18.4 Å². The summed E-state index contributed by atoms with van der Waals surface area (Å²) in [7, 11) is -3.57. The van der Waals surface area contributed by atoms with E-state index in [1.165, 1.54) is 23.5 Å². The van der Waals surface area contributed by atoms with E-state index < -0.39 is 15.9 Å². The van der Waals surface area contributed by atoms with Gasteiger partial charge in [0.1, 0.15) is 0 Å². The molecule has 2 aromatic carbocycles. The maximum atomic E-state index is 13.1. The molecule has 1 saturated heterocycles. The lowest BCUT2D eigenvalue weighted by atomic mass is 10.1. The molecule has 1 aliphatic rings. The molecular weight excluding hydrogens is 454 g/mol. The molecule has 33 heavy (non-hydrogen) atoms. The van der Waals surface area contributed by atoms with Gasteiger partial charge >= 0.3 is 0 Å². The molecule has 1 amide bonds. The van der Waals surface area contributed by atoms with Gasteiger partial charge in [0.15, 0.2) is 4.80 Å². The van der Waals surface area contributed by atoms with Crippen molar-refractivity contribution in [3.8, 4) is 0 Å². The fraction of sp³-hybridized carbons (Fsp3) is 0.360. The van der Waals surface area contributed by atoms with Crippen LogP contribution in [0.4, 0.5) is 0 Å². The van der Waals surface area contributed by atoms with E-state index >= 15 is 0 Å². The topological polar surface area (TPSA) is 71.7 Å². The number of aromatic nitrogens is 1. The molecule has 4 rings (SSSR count). The number of piperidine rings is 1. The van der Waals surface area contributed by atoms with Crippen LogP contribution in [0.5, 0.6) is 0 Å². The van der Waals surface area contributed by atoms with Gasteiger partial charge in [-0.3, -0.25) is 4.79 Å². The van der Waals surface area contributed by atoms with E-state index in [2.05, 4.69) is 30.6 Å². The summed E-state index contributed by atoms with van der Waals surface area (Å²) in [5, 5.41) is 0. The number of thiazole rings is 1. The van der Waals surface area contributed by atoms with E-state index in [0.717, 1.165) is 40.6 Å². The average molecular weight is 484 g/mol. The first-order chi connectivity index (χ1) is 15.7. The number of amides is 1. The minimum Gasteiger partial charge on any atom is -0.312 e. The first-order valence-electron chi connectivity index (χ1n) is 11.1. The van der Waals surface area contributed by atoms with Crippen LogP contribution in [0.25, 0.3) is 10.2 Å². The Labute approximate surface area is 199 Å². The molecule has 0 N–H and O–H groups in total. The number of benzene rings is 2. The number of nitrogens with zero attached hydrogens (tertiary/aromatic N) is 3. The highest BCUT2D eigenvalue weighted by molar-refractivity contribution is 7.89. The van der Waals surface area contributed by atoms with Crippen LogP contribution in [0.1, 0.15) is 47.7 Å². The molecular formula is C25H29N3O3S2. The van der Waals surface area contributed by atoms with Gasteiger partial charge in [-0.2, -0.15) is 9.30 Å². The molecule has 0 bridgehead atoms. The molecule has 0 radical (unpaired) electrons. The van der Waals surface area contributed by atoms with Gasteiger partial charge in [-0.1, -0.05) is 29.9 Å². The summed E-state index contributed by atoms with van der Waals surface area (Å²) in [4.78, 5) is 18.1. The molecule has 1 aromatic heterocycles. The molecule has 8 heteroatoms. The predicted octanol–water partition coefficient (Wildman–Crippen LogP) is 4.81. The van der Waals surface area contributed by atoms with Crippen molar-refractivity contribution in [1.82, 2.24) is 8.87 Å². The highest BCUT2D eigenvalue weighted by Gasteiger charge is 2.30. The molecule has 1 fully saturated rings. The molecule has 2 heterocycles. The van der Waals surface area contributed by atoms with Gasteiger partial charge in [0.05, 0.1) is 15.1 Å². The summed E-state index contributed by atoms with van der Waals surface area (Å²) in [5.74, 6) is -0.399. The van der Waals surface area contributed by atoms with Gasteiger partial charge in [-0.25, -0.2) is 8.42 Å². The summed E-state index contributed by atoms with van der Waals surface area (Å²) in [5.41, 5.74) is 3.67. The lowest BCUT2D eigenvalue weighted by Gasteiger charge is -2.32. The minimum absolute atomic E-state index is 0.0135. The van der Waals surface area contributed by atoms with Crippen LogP contribution in [-0.2, 0) is 16.6 Å². The standard InChI is InChI=1S/C25H29N3O3S2/c1-5-13-27-22-16-17(2)15-18(3)23(22)32-25(27)26-24(29)20-9-11-21(12-10-20)33(30,31)28-14-7-6-8-19(28)4/h5,9-12,15-16,19H,1,6-8,13-14H2,2-4H3. The fourth-order valence-corrected chi connectivity index (χ4v) is 7.18. The lowest BCUT2D eigenvalue weighted by molar-refractivity contribution is 0.0997. The zero-order valence-electron chi connectivity index (χ0n) is 19.2. The summed E-state index contributed by atoms with van der Waals surface area (Å²) >= 11 is 1.47. The molecule has 0 aliphatic carbocycles. The van der Waals surface area contributed by atoms with Crippen LogP contribution in [-0.4, -0.2) is 35.8 Å². The molecule has 174 valence electrons. The van der Waals surface area contributed by atoms with Crippen LogP contribution in [0.2, 0.25) is 0 Å². The van der Waals surface area contributed by atoms with Crippen LogP contribution < -0.4 is 4.80 Å². The number of hydrogen-bond donors (Lipinski definition) is 0. The molecule has 3 aromatic rings. The Balaban J connectivity index is 1.68. The van der Waals surface area contributed by atoms with Crippen molar-refractivity contribution in [2.24, 2.45) is 4.99 Å². The van der Waals surface area contributed by atoms with E-state index in [0.29, 0.717) is 23.5 Å². The lowest BCUT2D eigenvalue weighted by Crippen LogP contribution is -2.41. The molecule has 1 unspecified atom stereocenters. The Hall–Kier alpha value is -2.55. The van der Waals surface area contributed by atoms with E-state index in [9.17, 15) is 13.2 Å². The van der Waals surface area contributed by atoms with Crippen LogP contribution in [0.3, 0.4) is 0 Å². The number of allylic oxidation sites excluding steroid dienone is 1. The third-order valence-corrected chi connectivity index (χ3v) is 9.33. The van der Waals surface area contributed by atoms with Gasteiger partial charge in [-0.05, 0) is 75.1 Å². The van der Waals surface area contributed by atoms with Crippen molar-refractivity contribution in [2.45, 2.75) is 57.5 Å². The number of fused-ring (bicyclic) bond motifs is 1. The highest BCUT2D eigenvalue weighted by Crippen LogP contribution is 2.26. The van der Waals surface area contributed by atoms with Crippen molar-refractivity contribution < 1.29 is 13.2 Å². The summed E-state index contributed by atoms with van der Waals surface area (Å²) < 4.78 is 30.7. The SMILES string of the molecule is C=CCn1c(=NC(=O)c2ccc(S(=O)(=O)N3CCCCC3C)cc2)sc2c(C)cc(C)cc21. The Morgan fingerprint density at radius 2 is 1.94 bits per heavy atom. The Morgan fingerprint density at radius 3 is 2.61 bits per heavy atom. The zero-order valence-corrected chi connectivity index (χ0v) is 20.9. The molecule has 6 nitrogen and oxygen atoms in total. The third-order valence-electron chi connectivity index (χ3n) is 6.07. The maximum absolute atomic E-state index is 13.1. The first kappa shape index (κ1) is 23.6. The quantitative estimate of drug-likeness (QED) is 0.489. The monoisotopic (exact) mass is 483 g/mol. The van der Waals surface area contributed by atoms with Crippen LogP contribution in [0.15, 0.2) is 58.9 Å². The minimum atomic E-state index is -3.57. The molecule has 0 spiro atoms. The number of carbonyl (C=O) groups is 1. The zero-order chi connectivity index (χ0) is 23.8. The summed E-state index contributed by atoms with van der Waals surface area (Å²) in [6.07, 6.45) is 4.57. The van der Waals surface area contributed by atoms with Crippen molar-refractivity contribution in [3.63, 3.8) is 0 Å². The van der Waals surface area contributed by atoms with E-state index in [-0.39, 0.29) is 10.9 Å². The summed E-state index contributed by atoms with van der Waals surface area (Å²) in [6.45, 7) is 11.0. The Morgan fingerprint density at radius 1 is 1.21 bits per heavy atom. The van der Waals surface area contributed by atoms with Crippen molar-refractivity contribution in [3.05, 3.63) is 70.5 Å². The smallest absolute Gasteiger partial charge is 0.279 e. The number of hydrogen-bond acceptors (Lipinski definition) is 4. The Bertz CT molecular complexity index is 1380. The van der Waals surface area contributed by atoms with Gasteiger partial charge in [0.25, 0.3) is 5.91 Å². The fourth-order valence-electron chi connectivity index (χ4n) is 4.39. The number of carbonyl (C=O) groups excluding carboxylic acids is 1. The average Bonchev–Trinajstić information content (AvgIpc) is 3.11. The second-order valence-electron chi connectivity index (χ2n) is 8.62. The van der Waals surface area contributed by atoms with Crippen molar-refractivity contribution >= 4 is 37.5 Å². The van der Waals surface area contributed by atoms with Gasteiger partial charge < -0.3 is 4.57 Å². The van der Waals surface area contributed by atoms with Gasteiger partial charge in [0, 0.05) is 24.7 Å². The second-order valence-corrected chi connectivity index (χ2v) is 11.5. The highest BCUT2D eigenvalue weighted by atomic mass is 32.2. The molecule has 1 atom stereocenters. The van der Waals surface area contributed by atoms with E-state index in [4.69, 9.17) is 0 Å². The maximum Gasteiger partial charge on any atom is 0.279 e. The van der Waals surface area contributed by atoms with Gasteiger partial charge in [0.2, 0.25) is 10.0 Å². The molecule has 1 aliphatic heterocycles. The normalized spacial score (nSPS) is 18.0. The molecule has 0 saturated carbocycles. The van der Waals surface area contributed by atoms with E-state index in [1.54, 1.807) is 22.5 Å². The predicted molar refractivity (Wildman–Crippen MR) is 133 cm³/mol. The second kappa shape index (κ2) is 9.37. The van der Waals surface area contributed by atoms with Crippen molar-refractivity contribution in [2.75, 3.05) is 6.54 Å². The largest absolute Gasteiger partial charge is 0.312 e. The van der Waals surface area contributed by atoms with Crippen LogP contribution >= 0.6 is 11.3 Å². The Kier molecular flexibility index (Phi) is 6.70. The number of aryl methyl sites for hydroxylation is 2. The number of sulfonamides is 1. The van der Waals surface area contributed by atoms with Crippen LogP contribution in [0, 0.1) is 13.8 Å². The first-order valence-corrected chi connectivity index (χ1v) is 13.4. The summed E-state index contributed by atoms with van der Waals surface area (Å²) in [6, 6.07) is 10.3.